The zero-order valence-corrected chi connectivity index (χ0v) is 6.92. The fraction of sp³-hybridized carbons (Fsp3) is 0.833. The van der Waals surface area contributed by atoms with Crippen LogP contribution in [-0.4, -0.2) is 42.0 Å². The lowest BCUT2D eigenvalue weighted by atomic mass is 9.91. The Morgan fingerprint density at radius 1 is 1.54 bits per heavy atom. The summed E-state index contributed by atoms with van der Waals surface area (Å²) < 4.78 is 35.9. The van der Waals surface area contributed by atoms with Gasteiger partial charge in [0.05, 0.1) is 0 Å². The van der Waals surface area contributed by atoms with E-state index < -0.39 is 25.4 Å². The summed E-state index contributed by atoms with van der Waals surface area (Å²) in [7, 11) is 0. The van der Waals surface area contributed by atoms with Crippen LogP contribution in [0.25, 0.3) is 0 Å². The quantitative estimate of drug-likeness (QED) is 0.682. The van der Waals surface area contributed by atoms with Gasteiger partial charge in [-0.05, 0) is 25.8 Å². The highest BCUT2D eigenvalue weighted by Crippen LogP contribution is 2.21. The van der Waals surface area contributed by atoms with E-state index in [1.54, 1.807) is 0 Å². The van der Waals surface area contributed by atoms with Gasteiger partial charge in [-0.3, -0.25) is 4.79 Å². The van der Waals surface area contributed by atoms with Gasteiger partial charge in [0, 0.05) is 0 Å². The second kappa shape index (κ2) is 3.57. The van der Waals surface area contributed by atoms with E-state index in [-0.39, 0.29) is 6.54 Å². The molecule has 1 saturated heterocycles. The van der Waals surface area contributed by atoms with Crippen LogP contribution in [0.1, 0.15) is 12.8 Å². The minimum absolute atomic E-state index is 0.234. The Balaban J connectivity index is 2.54. The second-order valence-electron chi connectivity index (χ2n) is 3.20. The van der Waals surface area contributed by atoms with Crippen LogP contribution < -0.4 is 0 Å². The van der Waals surface area contributed by atoms with Crippen molar-refractivity contribution in [2.75, 3.05) is 13.0 Å². The summed E-state index contributed by atoms with van der Waals surface area (Å²) in [6.07, 6.45) is -0.207. The first-order valence-corrected chi connectivity index (χ1v) is 4.08. The highest BCUT2D eigenvalue weighted by Gasteiger charge is 2.35. The van der Waals surface area contributed by atoms with Gasteiger partial charge in [0.15, 0.2) is 0 Å². The number of carbonyl (C=O) groups is 1. The molecule has 1 N–H and O–H groups in total. The lowest BCUT2D eigenvalue weighted by molar-refractivity contribution is -0.141. The standard InChI is InChI=1S/C6H10BF3NO2/c8-7(9,10)4-11-3-1-2-5(11)6(12)13/h5H,1-4H2,(H,12,13)/q-1. The molecule has 13 heavy (non-hydrogen) atoms. The van der Waals surface area contributed by atoms with Crippen LogP contribution in [0.4, 0.5) is 12.9 Å². The molecule has 1 fully saturated rings. The zero-order valence-electron chi connectivity index (χ0n) is 6.92. The van der Waals surface area contributed by atoms with Gasteiger partial charge in [-0.1, -0.05) is 0 Å². The van der Waals surface area contributed by atoms with Crippen LogP contribution in [0.15, 0.2) is 0 Å². The van der Waals surface area contributed by atoms with Crippen molar-refractivity contribution in [3.63, 3.8) is 0 Å². The molecule has 0 aromatic rings. The van der Waals surface area contributed by atoms with Gasteiger partial charge in [-0.2, -0.15) is 0 Å². The van der Waals surface area contributed by atoms with Crippen molar-refractivity contribution in [1.29, 1.82) is 0 Å². The van der Waals surface area contributed by atoms with Gasteiger partial charge in [-0.25, -0.2) is 0 Å². The highest BCUT2D eigenvalue weighted by molar-refractivity contribution is 6.58. The van der Waals surface area contributed by atoms with Crippen LogP contribution in [-0.2, 0) is 4.79 Å². The van der Waals surface area contributed by atoms with Crippen molar-refractivity contribution in [2.24, 2.45) is 0 Å². The van der Waals surface area contributed by atoms with Gasteiger partial charge in [0.2, 0.25) is 0 Å². The maximum absolute atomic E-state index is 12.0. The summed E-state index contributed by atoms with van der Waals surface area (Å²) in [6.45, 7) is -4.68. The first kappa shape index (κ1) is 10.4. The summed E-state index contributed by atoms with van der Waals surface area (Å²) in [5.41, 5.74) is 0. The van der Waals surface area contributed by atoms with E-state index in [1.165, 1.54) is 0 Å². The first-order valence-electron chi connectivity index (χ1n) is 4.08. The normalized spacial score (nSPS) is 25.0. The molecule has 0 bridgehead atoms. The Morgan fingerprint density at radius 3 is 2.62 bits per heavy atom. The van der Waals surface area contributed by atoms with Crippen molar-refractivity contribution in [2.45, 2.75) is 18.9 Å². The molecule has 0 aliphatic carbocycles. The maximum Gasteiger partial charge on any atom is 0.492 e. The average molecular weight is 196 g/mol. The Labute approximate surface area is 73.6 Å². The SMILES string of the molecule is O=C(O)C1CCCN1C[B-](F)(F)F. The number of nitrogens with zero attached hydrogens (tertiary/aromatic N) is 1. The monoisotopic (exact) mass is 196 g/mol. The summed E-state index contributed by atoms with van der Waals surface area (Å²) >= 11 is 0. The molecule has 0 saturated carbocycles. The topological polar surface area (TPSA) is 40.5 Å². The number of carboxylic acids is 1. The zero-order chi connectivity index (χ0) is 10.1. The molecule has 7 heteroatoms. The molecule has 1 aliphatic rings. The average Bonchev–Trinajstić information content (AvgIpc) is 2.31. The van der Waals surface area contributed by atoms with Crippen molar-refractivity contribution >= 4 is 12.9 Å². The summed E-state index contributed by atoms with van der Waals surface area (Å²) in [6, 6.07) is -0.941. The van der Waals surface area contributed by atoms with Crippen LogP contribution in [0, 0.1) is 0 Å². The molecule has 1 atom stereocenters. The van der Waals surface area contributed by atoms with Crippen molar-refractivity contribution in [1.82, 2.24) is 4.90 Å². The van der Waals surface area contributed by atoms with E-state index in [4.69, 9.17) is 5.11 Å². The number of halogens is 3. The second-order valence-corrected chi connectivity index (χ2v) is 3.20. The molecule has 0 aromatic heterocycles. The molecular weight excluding hydrogens is 186 g/mol. The number of rotatable bonds is 3. The van der Waals surface area contributed by atoms with Crippen LogP contribution in [0.5, 0.6) is 0 Å². The minimum atomic E-state index is -4.91. The van der Waals surface area contributed by atoms with Crippen LogP contribution in [0.2, 0.25) is 0 Å². The summed E-state index contributed by atoms with van der Waals surface area (Å²) in [5, 5.41) is 8.58. The van der Waals surface area contributed by atoms with E-state index in [2.05, 4.69) is 0 Å². The Bertz CT molecular complexity index is 209. The predicted molar refractivity (Wildman–Crippen MR) is 41.3 cm³/mol. The third kappa shape index (κ3) is 2.91. The molecule has 1 unspecified atom stereocenters. The van der Waals surface area contributed by atoms with Gasteiger partial charge in [0.25, 0.3) is 0 Å². The maximum atomic E-state index is 12.0. The summed E-state index contributed by atoms with van der Waals surface area (Å²) in [5.74, 6) is -1.16. The van der Waals surface area contributed by atoms with Gasteiger partial charge in [0.1, 0.15) is 6.04 Å². The molecule has 76 valence electrons. The smallest absolute Gasteiger partial charge is 0.480 e. The molecule has 1 heterocycles. The van der Waals surface area contributed by atoms with Crippen LogP contribution in [0.3, 0.4) is 0 Å². The third-order valence-corrected chi connectivity index (χ3v) is 2.09. The number of likely N-dealkylation sites (tertiary alicyclic amines) is 1. The van der Waals surface area contributed by atoms with Crippen molar-refractivity contribution < 1.29 is 22.8 Å². The number of carboxylic acid groups (broad SMARTS) is 1. The highest BCUT2D eigenvalue weighted by atomic mass is 19.4. The molecule has 1 aliphatic heterocycles. The van der Waals surface area contributed by atoms with E-state index in [9.17, 15) is 17.7 Å². The van der Waals surface area contributed by atoms with Gasteiger partial charge >= 0.3 is 12.9 Å². The molecule has 0 spiro atoms. The number of aliphatic carboxylic acids is 1. The van der Waals surface area contributed by atoms with Crippen LogP contribution >= 0.6 is 0 Å². The fourth-order valence-corrected chi connectivity index (χ4v) is 1.59. The van der Waals surface area contributed by atoms with E-state index in [1.807, 2.05) is 0 Å². The molecule has 0 amide bonds. The Hall–Kier alpha value is -0.715. The molecule has 3 nitrogen and oxygen atoms in total. The fourth-order valence-electron chi connectivity index (χ4n) is 1.59. The van der Waals surface area contributed by atoms with Crippen molar-refractivity contribution in [3.8, 4) is 0 Å². The predicted octanol–water partition coefficient (Wildman–Crippen LogP) is 0.922. The molecule has 0 aromatic carbocycles. The van der Waals surface area contributed by atoms with Crippen molar-refractivity contribution in [3.05, 3.63) is 0 Å². The lowest BCUT2D eigenvalue weighted by Crippen LogP contribution is -2.44. The largest absolute Gasteiger partial charge is 0.492 e. The number of hydrogen-bond acceptors (Lipinski definition) is 2. The Morgan fingerprint density at radius 2 is 2.15 bits per heavy atom. The molecule has 1 rings (SSSR count). The lowest BCUT2D eigenvalue weighted by Gasteiger charge is -2.26. The molecular formula is C6H10BF3NO2-. The van der Waals surface area contributed by atoms with E-state index in [0.717, 1.165) is 4.90 Å². The van der Waals surface area contributed by atoms with E-state index >= 15 is 0 Å². The first-order chi connectivity index (χ1) is 5.90. The molecule has 0 radical (unpaired) electrons. The number of hydrogen-bond donors (Lipinski definition) is 1. The third-order valence-electron chi connectivity index (χ3n) is 2.09. The van der Waals surface area contributed by atoms with Gasteiger partial charge in [-0.15, -0.1) is 0 Å². The minimum Gasteiger partial charge on any atom is -0.480 e. The van der Waals surface area contributed by atoms with E-state index in [0.29, 0.717) is 12.8 Å². The van der Waals surface area contributed by atoms with Gasteiger partial charge < -0.3 is 23.0 Å². The summed E-state index contributed by atoms with van der Waals surface area (Å²) in [4.78, 5) is 11.5. The Kier molecular flexibility index (Phi) is 2.85.